The molecule has 0 amide bonds. The molecule has 0 bridgehead atoms. The van der Waals surface area contributed by atoms with Crippen molar-refractivity contribution < 1.29 is 18.2 Å². The number of hydrogen-bond acceptors (Lipinski definition) is 4. The van der Waals surface area contributed by atoms with Gasteiger partial charge in [-0.05, 0) is 19.8 Å². The Morgan fingerprint density at radius 1 is 1.57 bits per heavy atom. The van der Waals surface area contributed by atoms with Crippen molar-refractivity contribution in [3.05, 3.63) is 0 Å². The van der Waals surface area contributed by atoms with Crippen molar-refractivity contribution >= 4 is 11.1 Å². The van der Waals surface area contributed by atoms with E-state index in [1.807, 2.05) is 0 Å². The molecule has 0 aliphatic heterocycles. The molecule has 0 aromatic carbocycles. The van der Waals surface area contributed by atoms with Crippen molar-refractivity contribution in [3.8, 4) is 0 Å². The van der Waals surface area contributed by atoms with Crippen molar-refractivity contribution in [1.29, 1.82) is 0 Å². The molecule has 0 spiro atoms. The molecule has 84 valence electrons. The average molecular weight is 222 g/mol. The number of aliphatic hydroxyl groups is 1. The molecule has 4 nitrogen and oxygen atoms in total. The maximum absolute atomic E-state index is 11.5. The molecule has 1 N–H and O–H groups in total. The molecule has 1 aliphatic rings. The third-order valence-corrected chi connectivity index (χ3v) is 4.09. The topological polar surface area (TPSA) is 55.8 Å². The summed E-state index contributed by atoms with van der Waals surface area (Å²) in [5, 5.41) is 9.10. The van der Waals surface area contributed by atoms with E-state index in [0.29, 0.717) is 0 Å². The van der Waals surface area contributed by atoms with Crippen LogP contribution in [0.4, 0.5) is 0 Å². The first kappa shape index (κ1) is 12.1. The molecule has 1 fully saturated rings. The summed E-state index contributed by atoms with van der Waals surface area (Å²) >= 11 is -1.22. The van der Waals surface area contributed by atoms with Crippen LogP contribution in [0, 0.1) is 0 Å². The number of hydrogen-bond donors (Lipinski definition) is 1. The monoisotopic (exact) mass is 222 g/mol. The van der Waals surface area contributed by atoms with Gasteiger partial charge in [0.2, 0.25) is 0 Å². The molecule has 3 atom stereocenters. The highest BCUT2D eigenvalue weighted by molar-refractivity contribution is 7.80. The van der Waals surface area contributed by atoms with E-state index >= 15 is 0 Å². The van der Waals surface area contributed by atoms with Gasteiger partial charge in [0.15, 0.2) is 11.1 Å². The van der Waals surface area contributed by atoms with Crippen LogP contribution in [0.2, 0.25) is 0 Å². The Kier molecular flexibility index (Phi) is 5.01. The zero-order valence-electron chi connectivity index (χ0n) is 8.64. The first-order valence-corrected chi connectivity index (χ1v) is 6.04. The van der Waals surface area contributed by atoms with Crippen molar-refractivity contribution in [1.82, 2.24) is 0 Å². The van der Waals surface area contributed by atoms with E-state index in [4.69, 9.17) is 14.0 Å². The Balaban J connectivity index is 2.30. The molecule has 0 saturated heterocycles. The molecule has 0 aromatic rings. The maximum atomic E-state index is 11.5. The minimum atomic E-state index is -1.22. The van der Waals surface area contributed by atoms with E-state index < -0.39 is 11.1 Å². The van der Waals surface area contributed by atoms with Gasteiger partial charge in [0, 0.05) is 7.11 Å². The lowest BCUT2D eigenvalue weighted by Crippen LogP contribution is -2.35. The number of aliphatic hydroxyl groups excluding tert-OH is 1. The molecule has 14 heavy (non-hydrogen) atoms. The second-order valence-electron chi connectivity index (χ2n) is 3.57. The van der Waals surface area contributed by atoms with Gasteiger partial charge in [-0.25, -0.2) is 4.21 Å². The number of methoxy groups -OCH3 is 1. The second kappa shape index (κ2) is 5.80. The zero-order chi connectivity index (χ0) is 10.6. The van der Waals surface area contributed by atoms with Crippen LogP contribution in [0.25, 0.3) is 0 Å². The zero-order valence-corrected chi connectivity index (χ0v) is 9.46. The molecule has 1 saturated carbocycles. The van der Waals surface area contributed by atoms with Crippen LogP contribution in [0.1, 0.15) is 26.2 Å². The Labute approximate surface area is 87.3 Å². The molecule has 0 aromatic heterocycles. The van der Waals surface area contributed by atoms with Gasteiger partial charge in [0.1, 0.15) is 12.2 Å². The molecule has 1 rings (SSSR count). The predicted molar refractivity (Wildman–Crippen MR) is 54.2 cm³/mol. The van der Waals surface area contributed by atoms with Crippen molar-refractivity contribution in [2.75, 3.05) is 13.7 Å². The molecule has 1 aliphatic carbocycles. The average Bonchev–Trinajstić information content (AvgIpc) is 2.02. The molecular formula is C9H18O4S. The lowest BCUT2D eigenvalue weighted by Gasteiger charge is -2.27. The lowest BCUT2D eigenvalue weighted by atomic mass is 10.0. The van der Waals surface area contributed by atoms with Crippen LogP contribution in [-0.2, 0) is 20.0 Å². The highest BCUT2D eigenvalue weighted by atomic mass is 32.2. The SMILES string of the molecule is COC(CO)C(C)OS(=O)C1CCC1. The summed E-state index contributed by atoms with van der Waals surface area (Å²) in [5.74, 6) is 0. The van der Waals surface area contributed by atoms with Crippen LogP contribution < -0.4 is 0 Å². The van der Waals surface area contributed by atoms with E-state index in [0.717, 1.165) is 19.3 Å². The van der Waals surface area contributed by atoms with Gasteiger partial charge in [0.05, 0.1) is 11.9 Å². The Hall–Kier alpha value is 0.0300. The largest absolute Gasteiger partial charge is 0.394 e. The van der Waals surface area contributed by atoms with Crippen LogP contribution in [0.5, 0.6) is 0 Å². The summed E-state index contributed by atoms with van der Waals surface area (Å²) in [6.07, 6.45) is 2.39. The van der Waals surface area contributed by atoms with Gasteiger partial charge in [-0.3, -0.25) is 4.18 Å². The minimum Gasteiger partial charge on any atom is -0.394 e. The van der Waals surface area contributed by atoms with Crippen LogP contribution >= 0.6 is 0 Å². The van der Waals surface area contributed by atoms with Crippen LogP contribution in [0.15, 0.2) is 0 Å². The third-order valence-electron chi connectivity index (χ3n) is 2.58. The molecule has 3 unspecified atom stereocenters. The fraction of sp³-hybridized carbons (Fsp3) is 1.00. The smallest absolute Gasteiger partial charge is 0.158 e. The molecule has 5 heteroatoms. The normalized spacial score (nSPS) is 23.9. The molecule has 0 heterocycles. The second-order valence-corrected chi connectivity index (χ2v) is 4.95. The Bertz CT molecular complexity index is 189. The summed E-state index contributed by atoms with van der Waals surface area (Å²) in [6.45, 7) is 1.65. The van der Waals surface area contributed by atoms with Gasteiger partial charge in [-0.2, -0.15) is 0 Å². The summed E-state index contributed by atoms with van der Waals surface area (Å²) < 4.78 is 21.8. The van der Waals surface area contributed by atoms with Crippen molar-refractivity contribution in [3.63, 3.8) is 0 Å². The molecular weight excluding hydrogens is 204 g/mol. The van der Waals surface area contributed by atoms with E-state index in [1.165, 1.54) is 7.11 Å². The van der Waals surface area contributed by atoms with Crippen molar-refractivity contribution in [2.24, 2.45) is 0 Å². The van der Waals surface area contributed by atoms with Gasteiger partial charge in [0.25, 0.3) is 0 Å². The standard InChI is InChI=1S/C9H18O4S/c1-7(9(6-10)12-2)13-14(11)8-4-3-5-8/h7-10H,3-6H2,1-2H3. The Morgan fingerprint density at radius 3 is 2.57 bits per heavy atom. The summed E-state index contributed by atoms with van der Waals surface area (Å²) in [4.78, 5) is 0. The van der Waals surface area contributed by atoms with E-state index in [1.54, 1.807) is 6.92 Å². The van der Waals surface area contributed by atoms with Crippen molar-refractivity contribution in [2.45, 2.75) is 43.6 Å². The highest BCUT2D eigenvalue weighted by Gasteiger charge is 2.28. The van der Waals surface area contributed by atoms with Gasteiger partial charge >= 0.3 is 0 Å². The molecule has 0 radical (unpaired) electrons. The summed E-state index contributed by atoms with van der Waals surface area (Å²) in [6, 6.07) is 0. The fourth-order valence-corrected chi connectivity index (χ4v) is 2.57. The number of ether oxygens (including phenoxy) is 1. The minimum absolute atomic E-state index is 0.112. The predicted octanol–water partition coefficient (Wildman–Crippen LogP) is 0.615. The highest BCUT2D eigenvalue weighted by Crippen LogP contribution is 2.25. The summed E-state index contributed by atoms with van der Waals surface area (Å²) in [5.41, 5.74) is 0. The Morgan fingerprint density at radius 2 is 2.21 bits per heavy atom. The lowest BCUT2D eigenvalue weighted by molar-refractivity contribution is -0.0183. The van der Waals surface area contributed by atoms with E-state index in [2.05, 4.69) is 0 Å². The van der Waals surface area contributed by atoms with Gasteiger partial charge in [-0.1, -0.05) is 6.42 Å². The quantitative estimate of drug-likeness (QED) is 0.715. The first-order valence-electron chi connectivity index (χ1n) is 4.90. The van der Waals surface area contributed by atoms with Crippen LogP contribution in [-0.4, -0.2) is 40.5 Å². The third kappa shape index (κ3) is 3.02. The van der Waals surface area contributed by atoms with Crippen LogP contribution in [0.3, 0.4) is 0 Å². The van der Waals surface area contributed by atoms with Gasteiger partial charge < -0.3 is 9.84 Å². The van der Waals surface area contributed by atoms with Gasteiger partial charge in [-0.15, -0.1) is 0 Å². The first-order chi connectivity index (χ1) is 6.69. The number of rotatable bonds is 6. The van der Waals surface area contributed by atoms with E-state index in [-0.39, 0.29) is 24.1 Å². The van der Waals surface area contributed by atoms with E-state index in [9.17, 15) is 4.21 Å². The summed E-state index contributed by atoms with van der Waals surface area (Å²) in [7, 11) is 1.51. The fourth-order valence-electron chi connectivity index (χ4n) is 1.27. The maximum Gasteiger partial charge on any atom is 0.158 e.